The molecule has 1 aliphatic rings. The molecule has 1 fully saturated rings. The van der Waals surface area contributed by atoms with Gasteiger partial charge in [0.05, 0.1) is 12.2 Å². The van der Waals surface area contributed by atoms with Crippen molar-refractivity contribution >= 4 is 5.82 Å². The third-order valence-electron chi connectivity index (χ3n) is 2.99. The fourth-order valence-electron chi connectivity index (χ4n) is 1.97. The average Bonchev–Trinajstić information content (AvgIpc) is 2.70. The van der Waals surface area contributed by atoms with Gasteiger partial charge in [0.1, 0.15) is 18.0 Å². The third kappa shape index (κ3) is 2.38. The Bertz CT molecular complexity index is 621. The molecule has 7 nitrogen and oxygen atoms in total. The highest BCUT2D eigenvalue weighted by Crippen LogP contribution is 2.30. The molecule has 2 heterocycles. The number of aliphatic hydroxyl groups is 2. The molecule has 4 atom stereocenters. The number of hydrogen-bond donors (Lipinski definition) is 3. The number of rotatable bonds is 2. The lowest BCUT2D eigenvalue weighted by Crippen LogP contribution is -2.34. The van der Waals surface area contributed by atoms with Crippen LogP contribution in [0.1, 0.15) is 18.7 Å². The van der Waals surface area contributed by atoms with Crippen LogP contribution in [0, 0.1) is 11.8 Å². The molecule has 1 aromatic rings. The predicted molar refractivity (Wildman–Crippen MR) is 67.4 cm³/mol. The summed E-state index contributed by atoms with van der Waals surface area (Å²) in [5.41, 5.74) is 4.98. The van der Waals surface area contributed by atoms with Crippen molar-refractivity contribution in [3.63, 3.8) is 0 Å². The highest BCUT2D eigenvalue weighted by atomic mass is 19.1. The number of nitrogens with two attached hydrogens (primary N) is 1. The summed E-state index contributed by atoms with van der Waals surface area (Å²) in [5, 5.41) is 18.5. The van der Waals surface area contributed by atoms with Crippen LogP contribution in [0.5, 0.6) is 0 Å². The maximum atomic E-state index is 14.0. The van der Waals surface area contributed by atoms with Gasteiger partial charge in [-0.1, -0.05) is 5.92 Å². The van der Waals surface area contributed by atoms with E-state index in [4.69, 9.17) is 15.6 Å². The van der Waals surface area contributed by atoms with Crippen molar-refractivity contribution in [3.05, 3.63) is 22.2 Å². The van der Waals surface area contributed by atoms with Crippen molar-refractivity contribution < 1.29 is 19.3 Å². The molecule has 0 aromatic carbocycles. The van der Waals surface area contributed by atoms with Gasteiger partial charge in [-0.15, -0.1) is 5.92 Å². The monoisotopic (exact) mass is 283 g/mol. The molecular formula is C12H14FN3O4. The van der Waals surface area contributed by atoms with Crippen LogP contribution in [0.3, 0.4) is 0 Å². The standard InChI is InChI=1S/C12H14FN3O4/c1-2-3-6-4-16(12(19)15-10(6)14)11-8(13)9(18)7(5-17)20-11/h4,7-9,11,17-18H,5H2,1H3,(H2,14,15,19)/t7-,8?,9-,11-/m1/s1. The summed E-state index contributed by atoms with van der Waals surface area (Å²) in [7, 11) is 0. The largest absolute Gasteiger partial charge is 0.394 e. The first-order chi connectivity index (χ1) is 9.49. The molecule has 0 saturated carbocycles. The van der Waals surface area contributed by atoms with Crippen LogP contribution in [-0.4, -0.2) is 44.8 Å². The fourth-order valence-corrected chi connectivity index (χ4v) is 1.97. The van der Waals surface area contributed by atoms with Crippen molar-refractivity contribution in [1.82, 2.24) is 9.55 Å². The van der Waals surface area contributed by atoms with Crippen LogP contribution in [0.2, 0.25) is 0 Å². The maximum absolute atomic E-state index is 14.0. The lowest BCUT2D eigenvalue weighted by molar-refractivity contribution is -0.0491. The molecule has 2 rings (SSSR count). The number of aromatic nitrogens is 2. The van der Waals surface area contributed by atoms with Crippen LogP contribution in [0.25, 0.3) is 0 Å². The van der Waals surface area contributed by atoms with E-state index in [2.05, 4.69) is 16.8 Å². The SMILES string of the molecule is CC#Cc1cn([C@@H]2O[C@H](CO)[C@@H](O)C2F)c(=O)nc1N. The second-order valence-electron chi connectivity index (χ2n) is 4.29. The van der Waals surface area contributed by atoms with Gasteiger partial charge in [-0.3, -0.25) is 4.57 Å². The first-order valence-corrected chi connectivity index (χ1v) is 5.89. The van der Waals surface area contributed by atoms with Gasteiger partial charge in [0, 0.05) is 6.20 Å². The number of anilines is 1. The zero-order valence-corrected chi connectivity index (χ0v) is 10.7. The number of hydrogen-bond acceptors (Lipinski definition) is 6. The normalized spacial score (nSPS) is 29.0. The number of ether oxygens (including phenoxy) is 1. The average molecular weight is 283 g/mol. The van der Waals surface area contributed by atoms with E-state index < -0.39 is 36.9 Å². The minimum absolute atomic E-state index is 0.0618. The van der Waals surface area contributed by atoms with Crippen molar-refractivity contribution in [2.75, 3.05) is 12.3 Å². The Labute approximate surface area is 113 Å². The summed E-state index contributed by atoms with van der Waals surface area (Å²) in [6, 6.07) is 0. The Morgan fingerprint density at radius 2 is 2.35 bits per heavy atom. The summed E-state index contributed by atoms with van der Waals surface area (Å²) in [5.74, 6) is 5.16. The smallest absolute Gasteiger partial charge is 0.351 e. The van der Waals surface area contributed by atoms with Crippen LogP contribution < -0.4 is 11.4 Å². The second kappa shape index (κ2) is 5.58. The molecule has 1 unspecified atom stereocenters. The summed E-state index contributed by atoms with van der Waals surface area (Å²) in [4.78, 5) is 15.3. The van der Waals surface area contributed by atoms with Crippen LogP contribution in [-0.2, 0) is 4.74 Å². The lowest BCUT2D eigenvalue weighted by atomic mass is 10.1. The van der Waals surface area contributed by atoms with E-state index >= 15 is 0 Å². The van der Waals surface area contributed by atoms with Gasteiger partial charge in [0.2, 0.25) is 0 Å². The molecule has 0 aliphatic carbocycles. The minimum atomic E-state index is -1.86. The molecule has 108 valence electrons. The van der Waals surface area contributed by atoms with Crippen molar-refractivity contribution in [2.24, 2.45) is 0 Å². The van der Waals surface area contributed by atoms with Crippen molar-refractivity contribution in [2.45, 2.75) is 31.5 Å². The summed E-state index contributed by atoms with van der Waals surface area (Å²) < 4.78 is 20.0. The molecule has 8 heteroatoms. The number of alkyl halides is 1. The van der Waals surface area contributed by atoms with Gasteiger partial charge in [-0.25, -0.2) is 9.18 Å². The molecule has 0 amide bonds. The Hall–Kier alpha value is -1.95. The molecular weight excluding hydrogens is 269 g/mol. The Balaban J connectivity index is 2.45. The molecule has 0 radical (unpaired) electrons. The van der Waals surface area contributed by atoms with E-state index in [1.54, 1.807) is 6.92 Å². The minimum Gasteiger partial charge on any atom is -0.394 e. The quantitative estimate of drug-likeness (QED) is 0.587. The van der Waals surface area contributed by atoms with E-state index in [1.165, 1.54) is 6.20 Å². The van der Waals surface area contributed by atoms with E-state index in [1.807, 2.05) is 0 Å². The van der Waals surface area contributed by atoms with Crippen LogP contribution in [0.15, 0.2) is 11.0 Å². The highest BCUT2D eigenvalue weighted by molar-refractivity contribution is 5.48. The Kier molecular flexibility index (Phi) is 4.04. The first-order valence-electron chi connectivity index (χ1n) is 5.89. The predicted octanol–water partition coefficient (Wildman–Crippen LogP) is -1.21. The van der Waals surface area contributed by atoms with Gasteiger partial charge < -0.3 is 20.7 Å². The molecule has 1 aromatic heterocycles. The van der Waals surface area contributed by atoms with Gasteiger partial charge in [-0.05, 0) is 6.92 Å². The van der Waals surface area contributed by atoms with E-state index in [0.29, 0.717) is 0 Å². The fraction of sp³-hybridized carbons (Fsp3) is 0.500. The lowest BCUT2D eigenvalue weighted by Gasteiger charge is -2.16. The number of halogens is 1. The van der Waals surface area contributed by atoms with Gasteiger partial charge >= 0.3 is 5.69 Å². The summed E-state index contributed by atoms with van der Waals surface area (Å²) in [6.45, 7) is 1.02. The zero-order valence-electron chi connectivity index (χ0n) is 10.7. The Morgan fingerprint density at radius 1 is 1.65 bits per heavy atom. The molecule has 4 N–H and O–H groups in total. The van der Waals surface area contributed by atoms with Gasteiger partial charge in [0.15, 0.2) is 12.4 Å². The number of aliphatic hydroxyl groups excluding tert-OH is 2. The first kappa shape index (κ1) is 14.5. The maximum Gasteiger partial charge on any atom is 0.351 e. The second-order valence-corrected chi connectivity index (χ2v) is 4.29. The summed E-state index contributed by atoms with van der Waals surface area (Å²) in [6.07, 6.45) is -4.63. The molecule has 0 bridgehead atoms. The summed E-state index contributed by atoms with van der Waals surface area (Å²) >= 11 is 0. The van der Waals surface area contributed by atoms with Crippen molar-refractivity contribution in [3.8, 4) is 11.8 Å². The molecule has 1 saturated heterocycles. The van der Waals surface area contributed by atoms with E-state index in [-0.39, 0.29) is 11.4 Å². The van der Waals surface area contributed by atoms with Crippen molar-refractivity contribution in [1.29, 1.82) is 0 Å². The van der Waals surface area contributed by atoms with Crippen LogP contribution >= 0.6 is 0 Å². The van der Waals surface area contributed by atoms with Gasteiger partial charge in [0.25, 0.3) is 0 Å². The number of nitrogen functional groups attached to an aromatic ring is 1. The van der Waals surface area contributed by atoms with E-state index in [9.17, 15) is 14.3 Å². The Morgan fingerprint density at radius 3 is 2.90 bits per heavy atom. The molecule has 1 aliphatic heterocycles. The number of nitrogens with zero attached hydrogens (tertiary/aromatic N) is 2. The zero-order chi connectivity index (χ0) is 14.9. The molecule has 20 heavy (non-hydrogen) atoms. The third-order valence-corrected chi connectivity index (χ3v) is 2.99. The topological polar surface area (TPSA) is 111 Å². The van der Waals surface area contributed by atoms with E-state index in [0.717, 1.165) is 4.57 Å². The molecule has 0 spiro atoms. The van der Waals surface area contributed by atoms with Crippen LogP contribution in [0.4, 0.5) is 10.2 Å². The highest BCUT2D eigenvalue weighted by Gasteiger charge is 2.45. The van der Waals surface area contributed by atoms with Gasteiger partial charge in [-0.2, -0.15) is 4.98 Å².